The van der Waals surface area contributed by atoms with Crippen LogP contribution in [-0.4, -0.2) is 37.1 Å². The standard InChI is InChI=1S/C14H20N2O2/c1-18-9-7-13(15)14(17)16-8-6-11-4-2-3-5-12(11)10-16/h2-5,13H,6-10,15H2,1H3. The molecule has 98 valence electrons. The Hall–Kier alpha value is -1.39. The zero-order chi connectivity index (χ0) is 13.0. The van der Waals surface area contributed by atoms with E-state index in [2.05, 4.69) is 12.1 Å². The summed E-state index contributed by atoms with van der Waals surface area (Å²) < 4.78 is 4.96. The summed E-state index contributed by atoms with van der Waals surface area (Å²) in [6.07, 6.45) is 1.49. The minimum absolute atomic E-state index is 0.0292. The molecule has 1 aromatic rings. The number of ether oxygens (including phenoxy) is 1. The highest BCUT2D eigenvalue weighted by atomic mass is 16.5. The van der Waals surface area contributed by atoms with Crippen molar-refractivity contribution in [3.05, 3.63) is 35.4 Å². The molecule has 1 aromatic carbocycles. The quantitative estimate of drug-likeness (QED) is 0.862. The largest absolute Gasteiger partial charge is 0.385 e. The molecular weight excluding hydrogens is 228 g/mol. The van der Waals surface area contributed by atoms with Crippen molar-refractivity contribution in [1.82, 2.24) is 4.90 Å². The monoisotopic (exact) mass is 248 g/mol. The van der Waals surface area contributed by atoms with Crippen LogP contribution in [0.4, 0.5) is 0 Å². The number of hydrogen-bond donors (Lipinski definition) is 1. The van der Waals surface area contributed by atoms with Crippen molar-refractivity contribution in [2.75, 3.05) is 20.3 Å². The van der Waals surface area contributed by atoms with Crippen molar-refractivity contribution in [2.24, 2.45) is 5.73 Å². The number of nitrogens with two attached hydrogens (primary N) is 1. The Bertz CT molecular complexity index is 420. The minimum atomic E-state index is -0.449. The van der Waals surface area contributed by atoms with E-state index in [-0.39, 0.29) is 5.91 Å². The van der Waals surface area contributed by atoms with Gasteiger partial charge in [0.2, 0.25) is 5.91 Å². The van der Waals surface area contributed by atoms with E-state index in [1.54, 1.807) is 7.11 Å². The molecule has 0 fully saturated rings. The van der Waals surface area contributed by atoms with Gasteiger partial charge in [-0.15, -0.1) is 0 Å². The molecule has 1 aliphatic heterocycles. The topological polar surface area (TPSA) is 55.6 Å². The van der Waals surface area contributed by atoms with E-state index in [9.17, 15) is 4.79 Å². The third-order valence-electron chi connectivity index (χ3n) is 3.39. The summed E-state index contributed by atoms with van der Waals surface area (Å²) in [5.74, 6) is 0.0292. The van der Waals surface area contributed by atoms with Crippen molar-refractivity contribution >= 4 is 5.91 Å². The van der Waals surface area contributed by atoms with Gasteiger partial charge in [-0.05, 0) is 24.0 Å². The summed E-state index contributed by atoms with van der Waals surface area (Å²) in [6.45, 7) is 1.96. The molecule has 1 atom stereocenters. The summed E-state index contributed by atoms with van der Waals surface area (Å²) in [5, 5.41) is 0. The van der Waals surface area contributed by atoms with Crippen LogP contribution >= 0.6 is 0 Å². The van der Waals surface area contributed by atoms with Crippen LogP contribution in [0.2, 0.25) is 0 Å². The van der Waals surface area contributed by atoms with Crippen molar-refractivity contribution in [2.45, 2.75) is 25.4 Å². The Labute approximate surface area is 108 Å². The number of carbonyl (C=O) groups is 1. The lowest BCUT2D eigenvalue weighted by atomic mass is 9.99. The molecule has 1 amide bonds. The highest BCUT2D eigenvalue weighted by Gasteiger charge is 2.24. The Kier molecular flexibility index (Phi) is 4.33. The fourth-order valence-corrected chi connectivity index (χ4v) is 2.29. The van der Waals surface area contributed by atoms with E-state index in [0.29, 0.717) is 19.6 Å². The molecule has 0 saturated heterocycles. The van der Waals surface area contributed by atoms with Gasteiger partial charge in [-0.1, -0.05) is 24.3 Å². The second-order valence-electron chi connectivity index (χ2n) is 4.67. The van der Waals surface area contributed by atoms with Crippen LogP contribution in [0, 0.1) is 0 Å². The van der Waals surface area contributed by atoms with E-state index in [4.69, 9.17) is 10.5 Å². The van der Waals surface area contributed by atoms with Gasteiger partial charge in [0.1, 0.15) is 0 Å². The molecule has 0 bridgehead atoms. The van der Waals surface area contributed by atoms with Crippen molar-refractivity contribution < 1.29 is 9.53 Å². The summed E-state index contributed by atoms with van der Waals surface area (Å²) in [4.78, 5) is 14.0. The van der Waals surface area contributed by atoms with Crippen LogP contribution in [0.1, 0.15) is 17.5 Å². The fourth-order valence-electron chi connectivity index (χ4n) is 2.29. The van der Waals surface area contributed by atoms with Gasteiger partial charge >= 0.3 is 0 Å². The first-order valence-electron chi connectivity index (χ1n) is 6.32. The molecule has 0 saturated carbocycles. The first kappa shape index (κ1) is 13.1. The lowest BCUT2D eigenvalue weighted by Crippen LogP contribution is -2.46. The molecule has 4 nitrogen and oxygen atoms in total. The number of amides is 1. The number of methoxy groups -OCH3 is 1. The van der Waals surface area contributed by atoms with Gasteiger partial charge in [0.15, 0.2) is 0 Å². The molecule has 0 radical (unpaired) electrons. The number of benzene rings is 1. The fraction of sp³-hybridized carbons (Fsp3) is 0.500. The van der Waals surface area contributed by atoms with Crippen LogP contribution in [0.5, 0.6) is 0 Å². The third kappa shape index (κ3) is 2.89. The maximum atomic E-state index is 12.2. The van der Waals surface area contributed by atoms with Gasteiger partial charge in [0.05, 0.1) is 6.04 Å². The molecule has 2 rings (SSSR count). The summed E-state index contributed by atoms with van der Waals surface area (Å²) in [5.41, 5.74) is 8.46. The van der Waals surface area contributed by atoms with Gasteiger partial charge in [-0.3, -0.25) is 4.79 Å². The van der Waals surface area contributed by atoms with Crippen LogP contribution in [0.15, 0.2) is 24.3 Å². The molecule has 0 aliphatic carbocycles. The number of nitrogens with zero attached hydrogens (tertiary/aromatic N) is 1. The number of fused-ring (bicyclic) bond motifs is 1. The van der Waals surface area contributed by atoms with E-state index in [1.807, 2.05) is 17.0 Å². The van der Waals surface area contributed by atoms with Crippen LogP contribution in [0.25, 0.3) is 0 Å². The smallest absolute Gasteiger partial charge is 0.239 e. The summed E-state index contributed by atoms with van der Waals surface area (Å²) in [6, 6.07) is 7.81. The molecule has 2 N–H and O–H groups in total. The molecule has 1 heterocycles. The summed E-state index contributed by atoms with van der Waals surface area (Å²) in [7, 11) is 1.62. The average Bonchev–Trinajstić information content (AvgIpc) is 2.43. The van der Waals surface area contributed by atoms with Gasteiger partial charge in [0.25, 0.3) is 0 Å². The van der Waals surface area contributed by atoms with Gasteiger partial charge < -0.3 is 15.4 Å². The molecule has 18 heavy (non-hydrogen) atoms. The molecule has 1 unspecified atom stereocenters. The lowest BCUT2D eigenvalue weighted by Gasteiger charge is -2.30. The number of hydrogen-bond acceptors (Lipinski definition) is 3. The van der Waals surface area contributed by atoms with E-state index in [0.717, 1.165) is 13.0 Å². The average molecular weight is 248 g/mol. The molecule has 0 aromatic heterocycles. The first-order chi connectivity index (χ1) is 8.72. The van der Waals surface area contributed by atoms with Gasteiger partial charge in [-0.25, -0.2) is 0 Å². The zero-order valence-corrected chi connectivity index (χ0v) is 10.8. The van der Waals surface area contributed by atoms with E-state index < -0.39 is 6.04 Å². The van der Waals surface area contributed by atoms with Crippen LogP contribution < -0.4 is 5.73 Å². The van der Waals surface area contributed by atoms with Crippen LogP contribution in [0.3, 0.4) is 0 Å². The number of carbonyl (C=O) groups excluding carboxylic acids is 1. The molecular formula is C14H20N2O2. The predicted molar refractivity (Wildman–Crippen MR) is 70.0 cm³/mol. The predicted octanol–water partition coefficient (Wildman–Crippen LogP) is 0.935. The van der Waals surface area contributed by atoms with Crippen molar-refractivity contribution in [1.29, 1.82) is 0 Å². The van der Waals surface area contributed by atoms with Crippen LogP contribution in [-0.2, 0) is 22.5 Å². The van der Waals surface area contributed by atoms with E-state index >= 15 is 0 Å². The lowest BCUT2D eigenvalue weighted by molar-refractivity contribution is -0.133. The molecule has 4 heteroatoms. The Morgan fingerprint density at radius 2 is 2.17 bits per heavy atom. The maximum absolute atomic E-state index is 12.2. The number of rotatable bonds is 4. The Morgan fingerprint density at radius 1 is 1.44 bits per heavy atom. The second kappa shape index (κ2) is 5.98. The van der Waals surface area contributed by atoms with E-state index in [1.165, 1.54) is 11.1 Å². The van der Waals surface area contributed by atoms with Gasteiger partial charge in [0, 0.05) is 26.8 Å². The molecule has 1 aliphatic rings. The Morgan fingerprint density at radius 3 is 2.89 bits per heavy atom. The first-order valence-corrected chi connectivity index (χ1v) is 6.32. The highest BCUT2D eigenvalue weighted by molar-refractivity contribution is 5.81. The van der Waals surface area contributed by atoms with Crippen molar-refractivity contribution in [3.63, 3.8) is 0 Å². The molecule has 0 spiro atoms. The Balaban J connectivity index is 1.98. The minimum Gasteiger partial charge on any atom is -0.385 e. The third-order valence-corrected chi connectivity index (χ3v) is 3.39. The second-order valence-corrected chi connectivity index (χ2v) is 4.67. The van der Waals surface area contributed by atoms with Gasteiger partial charge in [-0.2, -0.15) is 0 Å². The maximum Gasteiger partial charge on any atom is 0.239 e. The zero-order valence-electron chi connectivity index (χ0n) is 10.8. The SMILES string of the molecule is COCCC(N)C(=O)N1CCc2ccccc2C1. The summed E-state index contributed by atoms with van der Waals surface area (Å²) >= 11 is 0. The highest BCUT2D eigenvalue weighted by Crippen LogP contribution is 2.19. The van der Waals surface area contributed by atoms with Crippen molar-refractivity contribution in [3.8, 4) is 0 Å². The normalized spacial score (nSPS) is 16.2.